The highest BCUT2D eigenvalue weighted by Crippen LogP contribution is 2.39. The minimum absolute atomic E-state index is 0.00458. The second-order valence-electron chi connectivity index (χ2n) is 41.2. The highest BCUT2D eigenvalue weighted by Gasteiger charge is 2.46. The summed E-state index contributed by atoms with van der Waals surface area (Å²) in [5.41, 5.74) is 2.50. The van der Waals surface area contributed by atoms with E-state index >= 15 is 0 Å². The van der Waals surface area contributed by atoms with Crippen LogP contribution in [0.2, 0.25) is 0 Å². The fraction of sp³-hybridized carbons (Fsp3) is 0.784. The molecule has 0 bridgehead atoms. The number of fused-ring (bicyclic) bond motifs is 2. The van der Waals surface area contributed by atoms with Crippen molar-refractivity contribution < 1.29 is 140 Å². The van der Waals surface area contributed by atoms with E-state index in [1.165, 1.54) is 6.92 Å². The molecule has 0 aromatic heterocycles. The van der Waals surface area contributed by atoms with Crippen molar-refractivity contribution in [3.05, 3.63) is 106 Å². The lowest BCUT2D eigenvalue weighted by Gasteiger charge is -2.35. The smallest absolute Gasteiger partial charge is 0.460 e. The summed E-state index contributed by atoms with van der Waals surface area (Å²) in [6.07, 6.45) is 14.3. The molecular formula is C111H173Br9O29. The predicted molar refractivity (Wildman–Crippen MR) is 607 cm³/mol. The van der Waals surface area contributed by atoms with Crippen LogP contribution in [-0.4, -0.2) is 300 Å². The fourth-order valence-electron chi connectivity index (χ4n) is 19.5. The number of aryl methyl sites for hydroxylation is 1. The monoisotopic (exact) mass is 2680 g/mol. The summed E-state index contributed by atoms with van der Waals surface area (Å²) < 4.78 is 91.5. The summed E-state index contributed by atoms with van der Waals surface area (Å²) in [6.45, 7) is 38.1. The number of alkyl halides is 8. The lowest BCUT2D eigenvalue weighted by atomic mass is 9.91. The molecule has 13 rings (SSSR count). The minimum Gasteiger partial charge on any atom is -0.460 e. The quantitative estimate of drug-likeness (QED) is 0.0333. The molecule has 3 aromatic carbocycles. The third kappa shape index (κ3) is 48.3. The van der Waals surface area contributed by atoms with Gasteiger partial charge >= 0.3 is 36.2 Å². The molecule has 854 valence electrons. The van der Waals surface area contributed by atoms with Gasteiger partial charge in [-0.3, -0.25) is 4.79 Å². The summed E-state index contributed by atoms with van der Waals surface area (Å²) in [5, 5.41) is 68.7. The number of halogens is 9. The summed E-state index contributed by atoms with van der Waals surface area (Å²) in [5.74, 6) is -1.20. The average molecular weight is 2690 g/mol. The lowest BCUT2D eigenvalue weighted by Crippen LogP contribution is -2.42. The maximum Gasteiger partial charge on any atom is 0.509 e. The molecule has 10 aliphatic rings. The standard InChI is InChI=1S/C26H30Br2O5.C18H25BrO4.C13H23BrO4.C12H23BrO2.2C11H17BrO4.2C10H19BrO3/c1-4-21(28)22-13-14-23(32-25(29)19-9-11-20(27)12-10-19)24(15-17(3)31-22)33-26(30)18-7-5-16(2)6-8-18;1-3-14(19)16-9-10-17(15(20)11-12(2)22-16)23-18(21)13-7-5-4-6-8-13;1-4-10(14)12-6-5-11(16)13(18-9(3)15)7-8(2)17-12;1-4-10(13)12-6-5-8(2)11(14)7-9(3)15-12;2*1-3-8-7(12)5-10-9(4-6(2)14-8)15-11(13)16-10;2*1-3-10-7(11)5-9(13)8(12)4-6(2)14-10/h5-12,17,21-24H,4,13-15H2,1-3H3;4-8,12,14-17,20H,3,9-11H2,1-2H3;8,10-13,16H,4-7H2,1-3H3;8-12,14H,4-7H2,1-3H3;2*6-10H,3-5H2,1-2H3;2*6-10,12-13H,3-5H2,1-2H3/t17-,21+,22-,23+,24-;12-,14+,15+,16+,17-;8-,10+,11-,12+,13+;8-,9-,10+,11+,12+;6-,7+,8-,9+,10-;6-,7-,8+,9-,10+;6-,7+,8+,9-,10-;6-,7-,8-,9+,10+/m01111010/s1. The molecule has 0 amide bonds. The van der Waals surface area contributed by atoms with Gasteiger partial charge in [-0.1, -0.05) is 242 Å². The van der Waals surface area contributed by atoms with Gasteiger partial charge < -0.3 is 112 Å². The van der Waals surface area contributed by atoms with E-state index in [-0.39, 0.29) is 163 Å². The molecule has 0 radical (unpaired) electrons. The van der Waals surface area contributed by atoms with Crippen LogP contribution in [0.3, 0.4) is 0 Å². The molecule has 0 aliphatic carbocycles. The molecule has 29 nitrogen and oxygen atoms in total. The summed E-state index contributed by atoms with van der Waals surface area (Å²) in [7, 11) is 0. The minimum atomic E-state index is -0.700. The Morgan fingerprint density at radius 1 is 0.315 bits per heavy atom. The van der Waals surface area contributed by atoms with Crippen LogP contribution < -0.4 is 0 Å². The van der Waals surface area contributed by atoms with Gasteiger partial charge in [0, 0.05) is 108 Å². The van der Waals surface area contributed by atoms with E-state index in [0.29, 0.717) is 122 Å². The van der Waals surface area contributed by atoms with E-state index in [2.05, 4.69) is 213 Å². The first-order valence-electron chi connectivity index (χ1n) is 54.1. The van der Waals surface area contributed by atoms with Gasteiger partial charge in [0.2, 0.25) is 0 Å². The fourth-order valence-corrected chi connectivity index (χ4v) is 24.8. The average Bonchev–Trinajstić information content (AvgIpc) is 1.66. The van der Waals surface area contributed by atoms with Crippen molar-refractivity contribution in [2.24, 2.45) is 5.92 Å². The first-order valence-corrected chi connectivity index (χ1v) is 62.2. The van der Waals surface area contributed by atoms with Gasteiger partial charge in [-0.15, -0.1) is 0 Å². The van der Waals surface area contributed by atoms with Gasteiger partial charge in [-0.05, 0) is 239 Å². The number of hydrogen-bond donors (Lipinski definition) is 7. The Balaban J connectivity index is 0.000000265. The second-order valence-corrected chi connectivity index (χ2v) is 51.5. The maximum atomic E-state index is 12.9. The van der Waals surface area contributed by atoms with Crippen LogP contribution >= 0.6 is 143 Å². The SMILES string of the molecule is CC[C@@H](Br)[C@@H]1CC[C@@H](OC(=O)c2ccc(Br)cc2)[C@@H](OC(=O)c2ccc(C)cc2)C[C@H](C)O1.CC[C@H](Br)[C@@H]1CC[C@@H](C)[C@@H](O)C[C@@H](C)O1.CC[C@H](Br)[C@@H]1CC[C@@H](O)[C@@H](OC(C)=O)C[C@@H](C)O1.CC[C@H](Br)[C@@H]1CC[C@@H](OC(=O)c2ccccc2)[C@@H](O)C[C@@H](C)O1.CC[C@H]1O[C@@H](C)C[C@@H]2OC(=O)O[C@@H]2C[C@@H]1Br.CC[C@H]1O[C@@H](C)C[C@H](O)[C@H](O)C[C@@H]1Br.CC[C@H]1O[C@H](C)C[C@@H]2OC(=O)O[C@@H]2C[C@@H]1Br.CC[C@H]1O[C@H](C)C[C@H](O)[C@H](O)C[C@@H]1Br. The Morgan fingerprint density at radius 2 is 0.604 bits per heavy atom. The van der Waals surface area contributed by atoms with Crippen molar-refractivity contribution in [2.45, 2.75) is 539 Å². The topological polar surface area (TPSA) is 392 Å². The zero-order chi connectivity index (χ0) is 111. The van der Waals surface area contributed by atoms with Crippen molar-refractivity contribution in [3.63, 3.8) is 0 Å². The van der Waals surface area contributed by atoms with Crippen LogP contribution in [-0.2, 0) is 80.6 Å². The van der Waals surface area contributed by atoms with Crippen LogP contribution in [0.5, 0.6) is 0 Å². The number of esters is 4. The Labute approximate surface area is 962 Å². The van der Waals surface area contributed by atoms with E-state index in [1.54, 1.807) is 60.7 Å². The number of carbonyl (C=O) groups is 6. The highest BCUT2D eigenvalue weighted by molar-refractivity contribution is 9.11. The number of ether oxygens (including phenoxy) is 16. The van der Waals surface area contributed by atoms with Gasteiger partial charge in [-0.2, -0.15) is 0 Å². The Kier molecular flexibility index (Phi) is 64.3. The normalized spacial score (nSPS) is 36.4. The third-order valence-corrected chi connectivity index (χ3v) is 37.6. The number of benzene rings is 3. The molecule has 10 aliphatic heterocycles. The number of aliphatic hydroxyl groups excluding tert-OH is 7. The van der Waals surface area contributed by atoms with Gasteiger partial charge in [-0.25, -0.2) is 24.0 Å². The zero-order valence-electron chi connectivity index (χ0n) is 90.4. The summed E-state index contributed by atoms with van der Waals surface area (Å²) in [4.78, 5) is 73.1. The van der Waals surface area contributed by atoms with Gasteiger partial charge in [0.15, 0.2) is 0 Å². The Hall–Kier alpha value is -2.20. The van der Waals surface area contributed by atoms with Crippen LogP contribution in [0.25, 0.3) is 0 Å². The second kappa shape index (κ2) is 70.8. The highest BCUT2D eigenvalue weighted by atomic mass is 79.9. The molecule has 10 saturated heterocycles. The molecule has 40 atom stereocenters. The number of hydrogen-bond acceptors (Lipinski definition) is 29. The molecule has 0 unspecified atom stereocenters. The molecule has 149 heavy (non-hydrogen) atoms. The van der Waals surface area contributed by atoms with Crippen molar-refractivity contribution in [1.29, 1.82) is 0 Å². The molecule has 3 aromatic rings. The van der Waals surface area contributed by atoms with E-state index in [1.807, 2.05) is 73.6 Å². The summed E-state index contributed by atoms with van der Waals surface area (Å²) >= 11 is 32.2. The van der Waals surface area contributed by atoms with Crippen LogP contribution in [0.4, 0.5) is 9.59 Å². The first kappa shape index (κ1) is 135. The van der Waals surface area contributed by atoms with Crippen molar-refractivity contribution in [3.8, 4) is 0 Å². The van der Waals surface area contributed by atoms with E-state index in [4.69, 9.17) is 75.8 Å². The number of aliphatic hydroxyl groups is 7. The van der Waals surface area contributed by atoms with E-state index in [9.17, 15) is 64.5 Å². The number of rotatable bonds is 19. The molecule has 10 fully saturated rings. The van der Waals surface area contributed by atoms with E-state index < -0.39 is 85.3 Å². The number of carbonyl (C=O) groups excluding carboxylic acids is 6. The molecule has 0 saturated carbocycles. The molecule has 7 N–H and O–H groups in total. The van der Waals surface area contributed by atoms with Gasteiger partial charge in [0.1, 0.15) is 48.8 Å². The van der Waals surface area contributed by atoms with Crippen LogP contribution in [0, 0.1) is 12.8 Å². The Morgan fingerprint density at radius 3 is 0.980 bits per heavy atom. The first-order chi connectivity index (χ1) is 70.5. The molecule has 0 spiro atoms. The van der Waals surface area contributed by atoms with Crippen LogP contribution in [0.15, 0.2) is 83.3 Å². The largest absolute Gasteiger partial charge is 0.509 e. The maximum absolute atomic E-state index is 12.9. The van der Waals surface area contributed by atoms with Gasteiger partial charge in [0.25, 0.3) is 0 Å². The molecule has 38 heteroatoms. The van der Waals surface area contributed by atoms with Crippen molar-refractivity contribution >= 4 is 180 Å². The molecular weight excluding hydrogens is 2520 g/mol. The zero-order valence-corrected chi connectivity index (χ0v) is 105. The van der Waals surface area contributed by atoms with Crippen LogP contribution in [0.1, 0.15) is 341 Å². The Bertz CT molecular complexity index is 4150. The lowest BCUT2D eigenvalue weighted by molar-refractivity contribution is -0.159. The summed E-state index contributed by atoms with van der Waals surface area (Å²) in [6, 6.07) is 23.1. The third-order valence-electron chi connectivity index (χ3n) is 28.3. The molecule has 10 heterocycles. The van der Waals surface area contributed by atoms with Gasteiger partial charge in [0.05, 0.1) is 157 Å². The van der Waals surface area contributed by atoms with Crippen molar-refractivity contribution in [1.82, 2.24) is 0 Å². The predicted octanol–water partition coefficient (Wildman–Crippen LogP) is 24.0. The van der Waals surface area contributed by atoms with E-state index in [0.717, 1.165) is 106 Å². The van der Waals surface area contributed by atoms with Crippen molar-refractivity contribution in [2.75, 3.05) is 0 Å².